The molecule has 0 saturated carbocycles. The van der Waals surface area contributed by atoms with Gasteiger partial charge in [0.1, 0.15) is 17.5 Å². The largest absolute Gasteiger partial charge is 0.356 e. The molecule has 0 aliphatic carbocycles. The van der Waals surface area contributed by atoms with Gasteiger partial charge in [0, 0.05) is 24.8 Å². The van der Waals surface area contributed by atoms with E-state index in [2.05, 4.69) is 65.2 Å². The van der Waals surface area contributed by atoms with Gasteiger partial charge in [-0.05, 0) is 56.7 Å². The van der Waals surface area contributed by atoms with E-state index in [9.17, 15) is 0 Å². The van der Waals surface area contributed by atoms with Crippen LogP contribution in [0.1, 0.15) is 36.7 Å². The number of aryl methyl sites for hydroxylation is 3. The summed E-state index contributed by atoms with van der Waals surface area (Å²) >= 11 is 0. The van der Waals surface area contributed by atoms with Crippen LogP contribution in [-0.2, 0) is 0 Å². The fourth-order valence-electron chi connectivity index (χ4n) is 3.18. The highest BCUT2D eigenvalue weighted by Crippen LogP contribution is 2.26. The van der Waals surface area contributed by atoms with Gasteiger partial charge in [-0.15, -0.1) is 0 Å². The van der Waals surface area contributed by atoms with Crippen LogP contribution < -0.4 is 10.2 Å². The Kier molecular flexibility index (Phi) is 4.51. The van der Waals surface area contributed by atoms with Crippen molar-refractivity contribution < 1.29 is 0 Å². The van der Waals surface area contributed by atoms with Gasteiger partial charge in [-0.25, -0.2) is 9.97 Å². The topological polar surface area (TPSA) is 41.0 Å². The molecule has 122 valence electrons. The number of rotatable bonds is 3. The maximum absolute atomic E-state index is 4.65. The molecule has 1 atom stereocenters. The van der Waals surface area contributed by atoms with Gasteiger partial charge < -0.3 is 10.2 Å². The van der Waals surface area contributed by atoms with Gasteiger partial charge in [-0.3, -0.25) is 0 Å². The van der Waals surface area contributed by atoms with Crippen molar-refractivity contribution in [2.24, 2.45) is 5.92 Å². The number of aromatic nitrogens is 2. The van der Waals surface area contributed by atoms with Crippen LogP contribution in [0.5, 0.6) is 0 Å². The van der Waals surface area contributed by atoms with Gasteiger partial charge in [0.2, 0.25) is 0 Å². The number of nitrogens with zero attached hydrogens (tertiary/aromatic N) is 3. The molecule has 1 unspecified atom stereocenters. The van der Waals surface area contributed by atoms with Gasteiger partial charge in [-0.2, -0.15) is 0 Å². The van der Waals surface area contributed by atoms with Gasteiger partial charge in [0.15, 0.2) is 0 Å². The molecule has 23 heavy (non-hydrogen) atoms. The zero-order valence-corrected chi connectivity index (χ0v) is 14.6. The van der Waals surface area contributed by atoms with Crippen molar-refractivity contribution in [1.29, 1.82) is 0 Å². The number of hydrogen-bond donors (Lipinski definition) is 1. The van der Waals surface area contributed by atoms with E-state index in [-0.39, 0.29) is 0 Å². The highest BCUT2D eigenvalue weighted by molar-refractivity contribution is 5.63. The molecule has 3 rings (SSSR count). The maximum Gasteiger partial charge on any atom is 0.136 e. The highest BCUT2D eigenvalue weighted by atomic mass is 15.2. The number of piperidine rings is 1. The Hall–Kier alpha value is -2.10. The lowest BCUT2D eigenvalue weighted by Crippen LogP contribution is -2.35. The Balaban J connectivity index is 1.87. The summed E-state index contributed by atoms with van der Waals surface area (Å²) in [5.41, 5.74) is 3.58. The third kappa shape index (κ3) is 3.81. The molecular weight excluding hydrogens is 284 g/mol. The molecule has 4 heteroatoms. The second kappa shape index (κ2) is 6.57. The predicted octanol–water partition coefficient (Wildman–Crippen LogP) is 4.38. The molecule has 1 aromatic carbocycles. The average Bonchev–Trinajstić information content (AvgIpc) is 2.50. The van der Waals surface area contributed by atoms with E-state index >= 15 is 0 Å². The number of nitrogens with one attached hydrogen (secondary N) is 1. The summed E-state index contributed by atoms with van der Waals surface area (Å²) in [5.74, 6) is 3.46. The molecule has 2 heterocycles. The zero-order chi connectivity index (χ0) is 16.4. The molecular formula is C19H26N4. The number of benzene rings is 1. The summed E-state index contributed by atoms with van der Waals surface area (Å²) < 4.78 is 0. The van der Waals surface area contributed by atoms with Crippen molar-refractivity contribution in [1.82, 2.24) is 9.97 Å². The molecule has 1 aromatic heterocycles. The van der Waals surface area contributed by atoms with Gasteiger partial charge >= 0.3 is 0 Å². The monoisotopic (exact) mass is 310 g/mol. The Morgan fingerprint density at radius 2 is 1.96 bits per heavy atom. The molecule has 1 aliphatic rings. The van der Waals surface area contributed by atoms with Crippen LogP contribution in [0.25, 0.3) is 0 Å². The second-order valence-electron chi connectivity index (χ2n) is 6.80. The Bertz CT molecular complexity index is 696. The molecule has 1 N–H and O–H groups in total. The summed E-state index contributed by atoms with van der Waals surface area (Å²) in [6.45, 7) is 10.7. The summed E-state index contributed by atoms with van der Waals surface area (Å²) in [6, 6.07) is 8.51. The first-order valence-corrected chi connectivity index (χ1v) is 8.46. The van der Waals surface area contributed by atoms with Gasteiger partial charge in [-0.1, -0.05) is 19.1 Å². The van der Waals surface area contributed by atoms with E-state index in [1.807, 2.05) is 6.92 Å². The molecule has 0 bridgehead atoms. The second-order valence-corrected chi connectivity index (χ2v) is 6.80. The van der Waals surface area contributed by atoms with E-state index in [1.165, 1.54) is 24.0 Å². The fourth-order valence-corrected chi connectivity index (χ4v) is 3.18. The lowest BCUT2D eigenvalue weighted by Gasteiger charge is -2.32. The van der Waals surface area contributed by atoms with E-state index in [1.54, 1.807) is 0 Å². The number of anilines is 3. The predicted molar refractivity (Wildman–Crippen MR) is 96.6 cm³/mol. The Morgan fingerprint density at radius 1 is 1.13 bits per heavy atom. The van der Waals surface area contributed by atoms with Crippen molar-refractivity contribution >= 4 is 17.3 Å². The van der Waals surface area contributed by atoms with Gasteiger partial charge in [0.25, 0.3) is 0 Å². The highest BCUT2D eigenvalue weighted by Gasteiger charge is 2.18. The van der Waals surface area contributed by atoms with Crippen molar-refractivity contribution in [2.45, 2.75) is 40.5 Å². The third-order valence-electron chi connectivity index (χ3n) is 4.46. The van der Waals surface area contributed by atoms with Crippen molar-refractivity contribution in [2.75, 3.05) is 23.3 Å². The van der Waals surface area contributed by atoms with E-state index < -0.39 is 0 Å². The van der Waals surface area contributed by atoms with Gasteiger partial charge in [0.05, 0.1) is 0 Å². The first-order valence-electron chi connectivity index (χ1n) is 8.46. The minimum atomic E-state index is 0.731. The molecule has 4 nitrogen and oxygen atoms in total. The SMILES string of the molecule is Cc1ccc(C)c(Nc2cc(N3CCCC(C)C3)nc(C)n2)c1. The molecule has 2 aromatic rings. The fraction of sp³-hybridized carbons (Fsp3) is 0.474. The molecule has 0 amide bonds. The van der Waals surface area contributed by atoms with Crippen molar-refractivity contribution in [3.8, 4) is 0 Å². The summed E-state index contributed by atoms with van der Waals surface area (Å²) in [6.07, 6.45) is 2.55. The van der Waals surface area contributed by atoms with E-state index in [4.69, 9.17) is 0 Å². The van der Waals surface area contributed by atoms with Crippen LogP contribution in [0.15, 0.2) is 24.3 Å². The minimum absolute atomic E-state index is 0.731. The van der Waals surface area contributed by atoms with Crippen LogP contribution in [-0.4, -0.2) is 23.1 Å². The van der Waals surface area contributed by atoms with Crippen LogP contribution in [0.2, 0.25) is 0 Å². The standard InChI is InChI=1S/C19H26N4/c1-13-7-8-15(3)17(10-13)22-18-11-19(21-16(4)20-18)23-9-5-6-14(2)12-23/h7-8,10-11,14H,5-6,9,12H2,1-4H3,(H,20,21,22). The summed E-state index contributed by atoms with van der Waals surface area (Å²) in [4.78, 5) is 11.6. The summed E-state index contributed by atoms with van der Waals surface area (Å²) in [5, 5.41) is 3.47. The maximum atomic E-state index is 4.65. The van der Waals surface area contributed by atoms with Crippen molar-refractivity contribution in [3.05, 3.63) is 41.2 Å². The van der Waals surface area contributed by atoms with Crippen LogP contribution in [0.3, 0.4) is 0 Å². The first kappa shape index (κ1) is 15.8. The average molecular weight is 310 g/mol. The molecule has 1 fully saturated rings. The van der Waals surface area contributed by atoms with E-state index in [0.29, 0.717) is 0 Å². The normalized spacial score (nSPS) is 18.1. The van der Waals surface area contributed by atoms with Crippen LogP contribution in [0.4, 0.5) is 17.3 Å². The molecule has 0 spiro atoms. The molecule has 1 aliphatic heterocycles. The zero-order valence-electron chi connectivity index (χ0n) is 14.6. The Labute approximate surface area is 139 Å². The van der Waals surface area contributed by atoms with Crippen molar-refractivity contribution in [3.63, 3.8) is 0 Å². The van der Waals surface area contributed by atoms with E-state index in [0.717, 1.165) is 42.2 Å². The quantitative estimate of drug-likeness (QED) is 0.913. The first-order chi connectivity index (χ1) is 11.0. The van der Waals surface area contributed by atoms with Crippen LogP contribution >= 0.6 is 0 Å². The molecule has 0 radical (unpaired) electrons. The number of hydrogen-bond acceptors (Lipinski definition) is 4. The van der Waals surface area contributed by atoms with Crippen LogP contribution in [0, 0.1) is 26.7 Å². The summed E-state index contributed by atoms with van der Waals surface area (Å²) in [7, 11) is 0. The lowest BCUT2D eigenvalue weighted by molar-refractivity contribution is 0.444. The lowest BCUT2D eigenvalue weighted by atomic mass is 10.0. The third-order valence-corrected chi connectivity index (χ3v) is 4.46. The Morgan fingerprint density at radius 3 is 2.74 bits per heavy atom. The smallest absolute Gasteiger partial charge is 0.136 e. The molecule has 1 saturated heterocycles. The minimum Gasteiger partial charge on any atom is -0.356 e.